The average Bonchev–Trinajstić information content (AvgIpc) is 1.83. The molecule has 1 atom stereocenters. The molecule has 0 aliphatic heterocycles. The van der Waals surface area contributed by atoms with Crippen molar-refractivity contribution in [2.24, 2.45) is 0 Å². The highest BCUT2D eigenvalue weighted by Crippen LogP contribution is 1.97. The summed E-state index contributed by atoms with van der Waals surface area (Å²) in [6.45, 7) is 2.09. The van der Waals surface area contributed by atoms with Crippen LogP contribution in [0.25, 0.3) is 0 Å². The zero-order valence-corrected chi connectivity index (χ0v) is 5.48. The maximum absolute atomic E-state index is 5.09. The summed E-state index contributed by atoms with van der Waals surface area (Å²) in [6.07, 6.45) is 7.17. The molecule has 0 rings (SSSR count). The maximum atomic E-state index is 5.09. The van der Waals surface area contributed by atoms with Gasteiger partial charge in [-0.2, -0.15) is 0 Å². The van der Waals surface area contributed by atoms with Gasteiger partial charge in [0.1, 0.15) is 6.10 Å². The van der Waals surface area contributed by atoms with E-state index in [2.05, 4.69) is 12.8 Å². The summed E-state index contributed by atoms with van der Waals surface area (Å²) >= 11 is 0. The monoisotopic (exact) mass is 112 g/mol. The summed E-state index contributed by atoms with van der Waals surface area (Å²) in [5, 5.41) is 0. The minimum atomic E-state index is 0.0278. The van der Waals surface area contributed by atoms with Gasteiger partial charge in [0, 0.05) is 7.11 Å². The molecule has 1 nitrogen and oxygen atoms in total. The molecule has 0 aliphatic rings. The number of terminal acetylenes is 1. The van der Waals surface area contributed by atoms with Gasteiger partial charge < -0.3 is 4.74 Å². The van der Waals surface area contributed by atoms with Crippen LogP contribution in [0.5, 0.6) is 0 Å². The van der Waals surface area contributed by atoms with Crippen molar-refractivity contribution >= 4 is 0 Å². The topological polar surface area (TPSA) is 9.23 Å². The fourth-order valence-corrected chi connectivity index (χ4v) is 0.531. The average molecular weight is 112 g/mol. The Morgan fingerprint density at radius 1 is 1.75 bits per heavy atom. The van der Waals surface area contributed by atoms with E-state index in [9.17, 15) is 0 Å². The van der Waals surface area contributed by atoms with Crippen molar-refractivity contribution in [2.75, 3.05) is 7.11 Å². The normalized spacial score (nSPS) is 12.6. The predicted octanol–water partition coefficient (Wildman–Crippen LogP) is 1.43. The summed E-state index contributed by atoms with van der Waals surface area (Å²) in [7, 11) is 1.64. The molecule has 0 bridgehead atoms. The molecule has 0 aromatic heterocycles. The minimum absolute atomic E-state index is 0.0278. The van der Waals surface area contributed by atoms with Crippen LogP contribution in [0.15, 0.2) is 0 Å². The Kier molecular flexibility index (Phi) is 4.39. The first-order valence-corrected chi connectivity index (χ1v) is 2.84. The van der Waals surface area contributed by atoms with Crippen LogP contribution >= 0.6 is 0 Å². The molecule has 46 valence electrons. The van der Waals surface area contributed by atoms with E-state index in [0.717, 1.165) is 12.8 Å². The minimum Gasteiger partial charge on any atom is -0.369 e. The molecule has 0 radical (unpaired) electrons. The molecule has 1 heteroatoms. The van der Waals surface area contributed by atoms with Crippen molar-refractivity contribution in [3.8, 4) is 12.3 Å². The molecule has 0 spiro atoms. The summed E-state index contributed by atoms with van der Waals surface area (Å²) in [4.78, 5) is 0. The van der Waals surface area contributed by atoms with Gasteiger partial charge in [-0.15, -0.1) is 6.42 Å². The van der Waals surface area contributed by atoms with Crippen LogP contribution in [-0.2, 0) is 4.74 Å². The standard InChI is InChI=1S/C7H12O/c1-4-6-7(5-2)8-3/h2,7H,4,6H2,1,3H3. The lowest BCUT2D eigenvalue weighted by atomic mass is 10.2. The van der Waals surface area contributed by atoms with Gasteiger partial charge in [0.15, 0.2) is 0 Å². The Bertz CT molecular complexity index is 80.9. The fraction of sp³-hybridized carbons (Fsp3) is 0.714. The quantitative estimate of drug-likeness (QED) is 0.502. The molecule has 1 unspecified atom stereocenters. The van der Waals surface area contributed by atoms with Crippen molar-refractivity contribution in [2.45, 2.75) is 25.9 Å². The second-order valence-electron chi connectivity index (χ2n) is 1.68. The Morgan fingerprint density at radius 2 is 2.38 bits per heavy atom. The zero-order valence-electron chi connectivity index (χ0n) is 5.48. The Balaban J connectivity index is 3.26. The van der Waals surface area contributed by atoms with Crippen molar-refractivity contribution < 1.29 is 4.74 Å². The molecule has 0 heterocycles. The van der Waals surface area contributed by atoms with Crippen LogP contribution in [0.3, 0.4) is 0 Å². The van der Waals surface area contributed by atoms with E-state index in [-0.39, 0.29) is 6.10 Å². The third-order valence-electron chi connectivity index (χ3n) is 1.02. The SMILES string of the molecule is C#CC(CCC)OC. The highest BCUT2D eigenvalue weighted by atomic mass is 16.5. The molecule has 0 amide bonds. The van der Waals surface area contributed by atoms with Gasteiger partial charge >= 0.3 is 0 Å². The Labute approximate surface area is 51.0 Å². The van der Waals surface area contributed by atoms with E-state index in [1.54, 1.807) is 7.11 Å². The highest BCUT2D eigenvalue weighted by molar-refractivity contribution is 4.93. The molecular formula is C7H12O. The van der Waals surface area contributed by atoms with Crippen LogP contribution in [0.1, 0.15) is 19.8 Å². The summed E-state index contributed by atoms with van der Waals surface area (Å²) in [5.74, 6) is 2.53. The van der Waals surface area contributed by atoms with Crippen molar-refractivity contribution in [3.63, 3.8) is 0 Å². The lowest BCUT2D eigenvalue weighted by Gasteiger charge is -2.03. The van der Waals surface area contributed by atoms with Gasteiger partial charge in [0.05, 0.1) is 0 Å². The summed E-state index contributed by atoms with van der Waals surface area (Å²) in [6, 6.07) is 0. The third kappa shape index (κ3) is 2.65. The lowest BCUT2D eigenvalue weighted by molar-refractivity contribution is 0.140. The molecule has 0 saturated carbocycles. The molecule has 0 aliphatic carbocycles. The van der Waals surface area contributed by atoms with Crippen LogP contribution in [0.4, 0.5) is 0 Å². The van der Waals surface area contributed by atoms with E-state index in [4.69, 9.17) is 11.2 Å². The lowest BCUT2D eigenvalue weighted by Crippen LogP contribution is -2.05. The summed E-state index contributed by atoms with van der Waals surface area (Å²) < 4.78 is 4.90. The first-order chi connectivity index (χ1) is 3.85. The molecule has 0 aromatic carbocycles. The van der Waals surface area contributed by atoms with Gasteiger partial charge in [-0.1, -0.05) is 19.3 Å². The van der Waals surface area contributed by atoms with E-state index >= 15 is 0 Å². The molecule has 0 fully saturated rings. The zero-order chi connectivity index (χ0) is 6.41. The number of hydrogen-bond acceptors (Lipinski definition) is 1. The Hall–Kier alpha value is -0.480. The number of methoxy groups -OCH3 is 1. The van der Waals surface area contributed by atoms with Crippen LogP contribution in [0, 0.1) is 12.3 Å². The highest BCUT2D eigenvalue weighted by Gasteiger charge is 1.96. The first kappa shape index (κ1) is 7.52. The second kappa shape index (κ2) is 4.67. The van der Waals surface area contributed by atoms with E-state index in [1.807, 2.05) is 0 Å². The van der Waals surface area contributed by atoms with Gasteiger partial charge in [-0.25, -0.2) is 0 Å². The fourth-order valence-electron chi connectivity index (χ4n) is 0.531. The molecule has 0 aromatic rings. The van der Waals surface area contributed by atoms with Crippen molar-refractivity contribution in [3.05, 3.63) is 0 Å². The predicted molar refractivity (Wildman–Crippen MR) is 34.5 cm³/mol. The smallest absolute Gasteiger partial charge is 0.117 e. The molecule has 8 heavy (non-hydrogen) atoms. The number of ether oxygens (including phenoxy) is 1. The largest absolute Gasteiger partial charge is 0.369 e. The van der Waals surface area contributed by atoms with E-state index in [0.29, 0.717) is 0 Å². The van der Waals surface area contributed by atoms with Crippen molar-refractivity contribution in [1.29, 1.82) is 0 Å². The summed E-state index contributed by atoms with van der Waals surface area (Å²) in [5.41, 5.74) is 0. The molecule has 0 N–H and O–H groups in total. The number of rotatable bonds is 3. The van der Waals surface area contributed by atoms with Crippen LogP contribution in [0.2, 0.25) is 0 Å². The first-order valence-electron chi connectivity index (χ1n) is 2.84. The number of hydrogen-bond donors (Lipinski definition) is 0. The van der Waals surface area contributed by atoms with Crippen LogP contribution < -0.4 is 0 Å². The Morgan fingerprint density at radius 3 is 2.50 bits per heavy atom. The molecule has 0 saturated heterocycles. The van der Waals surface area contributed by atoms with Gasteiger partial charge in [0.25, 0.3) is 0 Å². The third-order valence-corrected chi connectivity index (χ3v) is 1.02. The van der Waals surface area contributed by atoms with Gasteiger partial charge in [-0.05, 0) is 6.42 Å². The van der Waals surface area contributed by atoms with Gasteiger partial charge in [0.2, 0.25) is 0 Å². The van der Waals surface area contributed by atoms with Crippen molar-refractivity contribution in [1.82, 2.24) is 0 Å². The maximum Gasteiger partial charge on any atom is 0.117 e. The van der Waals surface area contributed by atoms with Gasteiger partial charge in [-0.3, -0.25) is 0 Å². The second-order valence-corrected chi connectivity index (χ2v) is 1.68. The van der Waals surface area contributed by atoms with E-state index in [1.165, 1.54) is 0 Å². The van der Waals surface area contributed by atoms with E-state index < -0.39 is 0 Å². The molecular weight excluding hydrogens is 100 g/mol. The van der Waals surface area contributed by atoms with Crippen LogP contribution in [-0.4, -0.2) is 13.2 Å².